The molecule has 1 heterocycles. The number of ether oxygens (including phenoxy) is 1. The normalized spacial score (nSPS) is 17.2. The largest absolute Gasteiger partial charge is 0.379 e. The zero-order valence-corrected chi connectivity index (χ0v) is 12.7. The molecule has 1 aliphatic heterocycles. The molecule has 112 valence electrons. The summed E-state index contributed by atoms with van der Waals surface area (Å²) in [4.78, 5) is 2.21. The van der Waals surface area contributed by atoms with Crippen molar-refractivity contribution in [3.8, 4) is 0 Å². The van der Waals surface area contributed by atoms with Crippen LogP contribution in [0.3, 0.4) is 0 Å². The van der Waals surface area contributed by atoms with Gasteiger partial charge < -0.3 is 4.74 Å². The molecule has 1 saturated heterocycles. The fourth-order valence-electron chi connectivity index (χ4n) is 2.21. The van der Waals surface area contributed by atoms with E-state index in [1.54, 1.807) is 0 Å². The predicted molar refractivity (Wildman–Crippen MR) is 79.1 cm³/mol. The molecule has 0 amide bonds. The smallest absolute Gasteiger partial charge is 0.215 e. The molecule has 5 nitrogen and oxygen atoms in total. The van der Waals surface area contributed by atoms with Crippen LogP contribution in [0.15, 0.2) is 24.3 Å². The number of hydrogen-bond acceptors (Lipinski definition) is 4. The number of nitrogens with one attached hydrogen (secondary N) is 1. The van der Waals surface area contributed by atoms with Crippen LogP contribution in [0.4, 0.5) is 0 Å². The second kappa shape index (κ2) is 7.17. The van der Waals surface area contributed by atoms with Gasteiger partial charge in [0, 0.05) is 26.2 Å². The summed E-state index contributed by atoms with van der Waals surface area (Å²) in [6.07, 6.45) is 0. The van der Waals surface area contributed by atoms with E-state index in [2.05, 4.69) is 9.62 Å². The molecule has 2 rings (SSSR count). The predicted octanol–water partition coefficient (Wildman–Crippen LogP) is 0.747. The van der Waals surface area contributed by atoms with Crippen molar-refractivity contribution in [2.24, 2.45) is 0 Å². The average Bonchev–Trinajstić information content (AvgIpc) is 2.42. The van der Waals surface area contributed by atoms with E-state index in [-0.39, 0.29) is 5.75 Å². The Hall–Kier alpha value is -0.950. The molecular weight excluding hydrogens is 276 g/mol. The molecule has 0 saturated carbocycles. The molecule has 6 heteroatoms. The second-order valence-corrected chi connectivity index (χ2v) is 6.84. The molecule has 20 heavy (non-hydrogen) atoms. The molecule has 1 aromatic carbocycles. The van der Waals surface area contributed by atoms with Gasteiger partial charge in [0.25, 0.3) is 0 Å². The molecule has 0 bridgehead atoms. The summed E-state index contributed by atoms with van der Waals surface area (Å²) < 4.78 is 32.0. The Bertz CT molecular complexity index is 525. The number of hydrogen-bond donors (Lipinski definition) is 1. The molecule has 0 unspecified atom stereocenters. The highest BCUT2D eigenvalue weighted by Gasteiger charge is 2.14. The number of rotatable bonds is 6. The summed E-state index contributed by atoms with van der Waals surface area (Å²) in [6, 6.07) is 7.57. The van der Waals surface area contributed by atoms with Gasteiger partial charge in [-0.2, -0.15) is 0 Å². The quantitative estimate of drug-likeness (QED) is 0.842. The Morgan fingerprint density at radius 3 is 2.65 bits per heavy atom. The van der Waals surface area contributed by atoms with Gasteiger partial charge in [-0.15, -0.1) is 0 Å². The summed E-state index contributed by atoms with van der Waals surface area (Å²) in [7, 11) is -3.27. The van der Waals surface area contributed by atoms with Gasteiger partial charge in [0.15, 0.2) is 0 Å². The van der Waals surface area contributed by atoms with Crippen LogP contribution in [0.25, 0.3) is 0 Å². The lowest BCUT2D eigenvalue weighted by Gasteiger charge is -2.26. The van der Waals surface area contributed by atoms with Crippen LogP contribution in [0.1, 0.15) is 11.1 Å². The molecule has 1 aliphatic rings. The number of nitrogens with zero attached hydrogens (tertiary/aromatic N) is 1. The minimum absolute atomic E-state index is 0.0444. The fraction of sp³-hybridized carbons (Fsp3) is 0.571. The first-order valence-electron chi connectivity index (χ1n) is 6.89. The Labute approximate surface area is 121 Å². The van der Waals surface area contributed by atoms with Crippen molar-refractivity contribution >= 4 is 10.0 Å². The van der Waals surface area contributed by atoms with Gasteiger partial charge in [-0.3, -0.25) is 4.90 Å². The summed E-state index contributed by atoms with van der Waals surface area (Å²) in [5.41, 5.74) is 1.86. The lowest BCUT2D eigenvalue weighted by molar-refractivity contribution is 0.0390. The summed E-state index contributed by atoms with van der Waals surface area (Å²) in [5, 5.41) is 0. The highest BCUT2D eigenvalue weighted by Crippen LogP contribution is 2.10. The molecule has 1 N–H and O–H groups in total. The van der Waals surface area contributed by atoms with Gasteiger partial charge in [0.05, 0.1) is 19.0 Å². The van der Waals surface area contributed by atoms with Crippen LogP contribution < -0.4 is 4.72 Å². The highest BCUT2D eigenvalue weighted by atomic mass is 32.2. The Morgan fingerprint density at radius 2 is 1.95 bits per heavy atom. The van der Waals surface area contributed by atoms with Crippen molar-refractivity contribution in [1.82, 2.24) is 9.62 Å². The fourth-order valence-corrected chi connectivity index (χ4v) is 3.45. The molecule has 0 spiro atoms. The van der Waals surface area contributed by atoms with Gasteiger partial charge in [-0.1, -0.05) is 24.3 Å². The van der Waals surface area contributed by atoms with Crippen molar-refractivity contribution < 1.29 is 13.2 Å². The first kappa shape index (κ1) is 15.4. The van der Waals surface area contributed by atoms with E-state index in [4.69, 9.17) is 4.74 Å². The van der Waals surface area contributed by atoms with Crippen molar-refractivity contribution in [3.63, 3.8) is 0 Å². The van der Waals surface area contributed by atoms with E-state index < -0.39 is 10.0 Å². The van der Waals surface area contributed by atoms with Gasteiger partial charge >= 0.3 is 0 Å². The molecule has 0 radical (unpaired) electrons. The number of aryl methyl sites for hydroxylation is 1. The van der Waals surface area contributed by atoms with E-state index in [9.17, 15) is 8.42 Å². The number of morpholine rings is 1. The third-order valence-electron chi connectivity index (χ3n) is 3.46. The molecule has 0 aromatic heterocycles. The summed E-state index contributed by atoms with van der Waals surface area (Å²) >= 11 is 0. The van der Waals surface area contributed by atoms with Crippen LogP contribution in [-0.2, 0) is 20.5 Å². The zero-order chi connectivity index (χ0) is 14.4. The lowest BCUT2D eigenvalue weighted by atomic mass is 10.1. The van der Waals surface area contributed by atoms with Crippen LogP contribution in [0.2, 0.25) is 0 Å². The van der Waals surface area contributed by atoms with E-state index in [1.807, 2.05) is 31.2 Å². The van der Waals surface area contributed by atoms with Crippen molar-refractivity contribution in [3.05, 3.63) is 35.4 Å². The average molecular weight is 298 g/mol. The summed E-state index contributed by atoms with van der Waals surface area (Å²) in [6.45, 7) is 6.33. The Balaban J connectivity index is 1.80. The maximum absolute atomic E-state index is 12.0. The number of sulfonamides is 1. The van der Waals surface area contributed by atoms with Gasteiger partial charge in [0.2, 0.25) is 10.0 Å². The molecule has 1 fully saturated rings. The van der Waals surface area contributed by atoms with E-state index in [0.29, 0.717) is 6.54 Å². The minimum Gasteiger partial charge on any atom is -0.379 e. The zero-order valence-electron chi connectivity index (χ0n) is 11.8. The van der Waals surface area contributed by atoms with Crippen molar-refractivity contribution in [2.75, 3.05) is 39.4 Å². The topological polar surface area (TPSA) is 58.6 Å². The standard InChI is InChI=1S/C14H22N2O3S/c1-13-4-2-3-5-14(13)12-20(17,18)15-6-7-16-8-10-19-11-9-16/h2-5,15H,6-12H2,1H3. The van der Waals surface area contributed by atoms with Crippen LogP contribution >= 0.6 is 0 Å². The van der Waals surface area contributed by atoms with Crippen molar-refractivity contribution in [2.45, 2.75) is 12.7 Å². The van der Waals surface area contributed by atoms with Crippen molar-refractivity contribution in [1.29, 1.82) is 0 Å². The van der Waals surface area contributed by atoms with Crippen LogP contribution in [0, 0.1) is 6.92 Å². The SMILES string of the molecule is Cc1ccccc1CS(=O)(=O)NCCN1CCOCC1. The Morgan fingerprint density at radius 1 is 1.25 bits per heavy atom. The van der Waals surface area contributed by atoms with Gasteiger partial charge in [0.1, 0.15) is 0 Å². The molecule has 0 atom stereocenters. The monoisotopic (exact) mass is 298 g/mol. The third-order valence-corrected chi connectivity index (χ3v) is 4.80. The molecule has 1 aromatic rings. The van der Waals surface area contributed by atoms with Gasteiger partial charge in [-0.25, -0.2) is 13.1 Å². The lowest BCUT2D eigenvalue weighted by Crippen LogP contribution is -2.41. The first-order valence-corrected chi connectivity index (χ1v) is 8.54. The maximum atomic E-state index is 12.0. The van der Waals surface area contributed by atoms with Gasteiger partial charge in [-0.05, 0) is 18.1 Å². The summed E-state index contributed by atoms with van der Waals surface area (Å²) in [5.74, 6) is 0.0444. The van der Waals surface area contributed by atoms with E-state index >= 15 is 0 Å². The first-order chi connectivity index (χ1) is 9.57. The molecule has 0 aliphatic carbocycles. The second-order valence-electron chi connectivity index (χ2n) is 5.03. The van der Waals surface area contributed by atoms with E-state index in [1.165, 1.54) is 0 Å². The highest BCUT2D eigenvalue weighted by molar-refractivity contribution is 7.88. The molecular formula is C14H22N2O3S. The van der Waals surface area contributed by atoms with E-state index in [0.717, 1.165) is 44.0 Å². The maximum Gasteiger partial charge on any atom is 0.215 e. The third kappa shape index (κ3) is 4.86. The van der Waals surface area contributed by atoms with Crippen LogP contribution in [0.5, 0.6) is 0 Å². The Kier molecular flexibility index (Phi) is 5.54. The minimum atomic E-state index is -3.27. The van der Waals surface area contributed by atoms with Crippen LogP contribution in [-0.4, -0.2) is 52.7 Å². The number of benzene rings is 1.